The highest BCUT2D eigenvalue weighted by molar-refractivity contribution is 5.92. The van der Waals surface area contributed by atoms with Gasteiger partial charge in [0.05, 0.1) is 12.3 Å². The number of para-hydroxylation sites is 2. The molecule has 0 unspecified atom stereocenters. The average Bonchev–Trinajstić information content (AvgIpc) is 2.65. The van der Waals surface area contributed by atoms with Crippen molar-refractivity contribution in [1.29, 1.82) is 0 Å². The van der Waals surface area contributed by atoms with Crippen molar-refractivity contribution in [2.45, 2.75) is 63.8 Å². The number of nitrogens with one attached hydrogen (secondary N) is 3. The van der Waals surface area contributed by atoms with Crippen LogP contribution in [-0.4, -0.2) is 30.6 Å². The molecule has 0 atom stereocenters. The van der Waals surface area contributed by atoms with Gasteiger partial charge in [-0.3, -0.25) is 4.79 Å². The van der Waals surface area contributed by atoms with Crippen LogP contribution in [0.15, 0.2) is 24.3 Å². The molecule has 29 heavy (non-hydrogen) atoms. The number of hydrogen-bond acceptors (Lipinski definition) is 3. The van der Waals surface area contributed by atoms with Crippen LogP contribution in [0.4, 0.5) is 10.5 Å². The summed E-state index contributed by atoms with van der Waals surface area (Å²) in [5, 5.41) is 9.04. The Morgan fingerprint density at radius 3 is 2.38 bits per heavy atom. The molecule has 0 radical (unpaired) electrons. The zero-order valence-electron chi connectivity index (χ0n) is 17.3. The van der Waals surface area contributed by atoms with Gasteiger partial charge in [-0.25, -0.2) is 4.79 Å². The van der Waals surface area contributed by atoms with Gasteiger partial charge in [-0.05, 0) is 74.8 Å². The molecule has 0 aromatic heterocycles. The topological polar surface area (TPSA) is 79.5 Å². The Bertz CT molecular complexity index is 713. The molecule has 6 nitrogen and oxygen atoms in total. The van der Waals surface area contributed by atoms with Crippen LogP contribution in [0.1, 0.15) is 58.3 Å². The highest BCUT2D eigenvalue weighted by Gasteiger charge is 2.51. The van der Waals surface area contributed by atoms with Crippen LogP contribution in [0.25, 0.3) is 0 Å². The van der Waals surface area contributed by atoms with Crippen LogP contribution in [-0.2, 0) is 4.79 Å². The van der Waals surface area contributed by atoms with E-state index < -0.39 is 0 Å². The minimum atomic E-state index is -0.133. The van der Waals surface area contributed by atoms with Gasteiger partial charge in [0.25, 0.3) is 0 Å². The molecule has 4 aliphatic rings. The van der Waals surface area contributed by atoms with Gasteiger partial charge >= 0.3 is 6.03 Å². The van der Waals surface area contributed by atoms with Crippen LogP contribution in [0.3, 0.4) is 0 Å². The van der Waals surface area contributed by atoms with E-state index in [0.29, 0.717) is 24.6 Å². The lowest BCUT2D eigenvalue weighted by Gasteiger charge is -2.56. The summed E-state index contributed by atoms with van der Waals surface area (Å²) in [7, 11) is 0. The summed E-state index contributed by atoms with van der Waals surface area (Å²) in [5.74, 6) is 2.93. The number of rotatable bonds is 8. The molecule has 4 fully saturated rings. The van der Waals surface area contributed by atoms with Gasteiger partial charge in [0.1, 0.15) is 5.75 Å². The first kappa shape index (κ1) is 20.0. The Morgan fingerprint density at radius 1 is 1.07 bits per heavy atom. The summed E-state index contributed by atoms with van der Waals surface area (Å²) in [4.78, 5) is 24.8. The summed E-state index contributed by atoms with van der Waals surface area (Å²) in [5.41, 5.74) is 0.667. The first-order valence-corrected chi connectivity index (χ1v) is 11.1. The molecule has 4 saturated carbocycles. The molecule has 5 rings (SSSR count). The van der Waals surface area contributed by atoms with E-state index in [-0.39, 0.29) is 23.9 Å². The molecule has 0 spiro atoms. The normalized spacial score (nSPS) is 29.3. The second-order valence-corrected chi connectivity index (χ2v) is 9.22. The number of carbonyl (C=O) groups excluding carboxylic acids is 2. The molecular weight excluding hydrogens is 366 g/mol. The molecule has 4 aliphatic carbocycles. The van der Waals surface area contributed by atoms with Crippen LogP contribution in [0, 0.1) is 17.8 Å². The molecule has 6 heteroatoms. The van der Waals surface area contributed by atoms with E-state index in [2.05, 4.69) is 16.0 Å². The number of benzene rings is 1. The number of carbonyl (C=O) groups is 2. The Hall–Kier alpha value is -2.24. The van der Waals surface area contributed by atoms with E-state index in [9.17, 15) is 9.59 Å². The van der Waals surface area contributed by atoms with Crippen molar-refractivity contribution >= 4 is 17.6 Å². The monoisotopic (exact) mass is 399 g/mol. The maximum atomic E-state index is 12.5. The quantitative estimate of drug-likeness (QED) is 0.616. The SMILES string of the molecule is CCCOc1ccccc1NC(=O)CCNC(=O)NC12CC3CC(CC(C3)C1)C2. The van der Waals surface area contributed by atoms with Gasteiger partial charge in [0.2, 0.25) is 5.91 Å². The smallest absolute Gasteiger partial charge is 0.315 e. The van der Waals surface area contributed by atoms with E-state index in [1.54, 1.807) is 0 Å². The van der Waals surface area contributed by atoms with Gasteiger partial charge in [0.15, 0.2) is 0 Å². The van der Waals surface area contributed by atoms with Crippen molar-refractivity contribution in [2.75, 3.05) is 18.5 Å². The zero-order valence-corrected chi connectivity index (χ0v) is 17.3. The van der Waals surface area contributed by atoms with Crippen molar-refractivity contribution < 1.29 is 14.3 Å². The Labute approximate surface area is 173 Å². The summed E-state index contributed by atoms with van der Waals surface area (Å²) < 4.78 is 5.67. The highest BCUT2D eigenvalue weighted by Crippen LogP contribution is 2.55. The predicted molar refractivity (Wildman–Crippen MR) is 113 cm³/mol. The van der Waals surface area contributed by atoms with Crippen LogP contribution < -0.4 is 20.7 Å². The lowest BCUT2D eigenvalue weighted by Crippen LogP contribution is -2.61. The van der Waals surface area contributed by atoms with Gasteiger partial charge in [-0.15, -0.1) is 0 Å². The second kappa shape index (κ2) is 8.64. The fourth-order valence-corrected chi connectivity index (χ4v) is 5.96. The Kier molecular flexibility index (Phi) is 5.97. The number of amides is 3. The lowest BCUT2D eigenvalue weighted by molar-refractivity contribution is -0.116. The molecule has 3 N–H and O–H groups in total. The maximum Gasteiger partial charge on any atom is 0.315 e. The first-order valence-electron chi connectivity index (χ1n) is 11.1. The molecular formula is C23H33N3O3. The van der Waals surface area contributed by atoms with E-state index in [0.717, 1.165) is 43.4 Å². The molecule has 3 amide bonds. The number of hydrogen-bond donors (Lipinski definition) is 3. The van der Waals surface area contributed by atoms with Gasteiger partial charge < -0.3 is 20.7 Å². The van der Waals surface area contributed by atoms with Crippen molar-refractivity contribution in [3.63, 3.8) is 0 Å². The van der Waals surface area contributed by atoms with E-state index >= 15 is 0 Å². The summed E-state index contributed by atoms with van der Waals surface area (Å²) in [6.45, 7) is 2.97. The van der Waals surface area contributed by atoms with Crippen LogP contribution in [0.5, 0.6) is 5.75 Å². The van der Waals surface area contributed by atoms with Gasteiger partial charge in [0, 0.05) is 18.5 Å². The Morgan fingerprint density at radius 2 is 1.72 bits per heavy atom. The molecule has 158 valence electrons. The van der Waals surface area contributed by atoms with Crippen molar-refractivity contribution in [1.82, 2.24) is 10.6 Å². The van der Waals surface area contributed by atoms with Crippen molar-refractivity contribution in [2.24, 2.45) is 17.8 Å². The van der Waals surface area contributed by atoms with Crippen molar-refractivity contribution in [3.05, 3.63) is 24.3 Å². The third-order valence-corrected chi connectivity index (χ3v) is 6.68. The minimum Gasteiger partial charge on any atom is -0.491 e. The third-order valence-electron chi connectivity index (χ3n) is 6.68. The zero-order chi connectivity index (χ0) is 20.3. The number of urea groups is 1. The highest BCUT2D eigenvalue weighted by atomic mass is 16.5. The predicted octanol–water partition coefficient (Wildman–Crippen LogP) is 4.07. The van der Waals surface area contributed by atoms with Crippen LogP contribution in [0.2, 0.25) is 0 Å². The average molecular weight is 400 g/mol. The largest absolute Gasteiger partial charge is 0.491 e. The number of anilines is 1. The Balaban J connectivity index is 1.21. The van der Waals surface area contributed by atoms with E-state index in [1.807, 2.05) is 31.2 Å². The second-order valence-electron chi connectivity index (χ2n) is 9.22. The molecule has 0 saturated heterocycles. The first-order chi connectivity index (χ1) is 14.0. The fourth-order valence-electron chi connectivity index (χ4n) is 5.96. The summed E-state index contributed by atoms with van der Waals surface area (Å²) >= 11 is 0. The third kappa shape index (κ3) is 4.85. The minimum absolute atomic E-state index is 0.00332. The standard InChI is InChI=1S/C23H33N3O3/c1-2-9-29-20-6-4-3-5-19(20)25-21(27)7-8-24-22(28)26-23-13-16-10-17(14-23)12-18(11-16)15-23/h3-6,16-18H,2,7-15H2,1H3,(H,25,27)(H2,24,26,28). The fraction of sp³-hybridized carbons (Fsp3) is 0.652. The molecule has 1 aromatic carbocycles. The number of ether oxygens (including phenoxy) is 1. The lowest BCUT2D eigenvalue weighted by atomic mass is 9.53. The van der Waals surface area contributed by atoms with E-state index in [4.69, 9.17) is 4.74 Å². The summed E-state index contributed by atoms with van der Waals surface area (Å²) in [6.07, 6.45) is 8.58. The van der Waals surface area contributed by atoms with E-state index in [1.165, 1.54) is 19.3 Å². The molecule has 1 aromatic rings. The van der Waals surface area contributed by atoms with Gasteiger partial charge in [-0.1, -0.05) is 19.1 Å². The maximum absolute atomic E-state index is 12.5. The van der Waals surface area contributed by atoms with Gasteiger partial charge in [-0.2, -0.15) is 0 Å². The van der Waals surface area contributed by atoms with Crippen molar-refractivity contribution in [3.8, 4) is 5.75 Å². The molecule has 0 aliphatic heterocycles. The summed E-state index contributed by atoms with van der Waals surface area (Å²) in [6, 6.07) is 7.30. The van der Waals surface area contributed by atoms with Crippen LogP contribution >= 0.6 is 0 Å². The molecule has 4 bridgehead atoms. The molecule has 0 heterocycles.